The first-order valence-corrected chi connectivity index (χ1v) is 9.54. The van der Waals surface area contributed by atoms with Crippen molar-refractivity contribution < 1.29 is 19.1 Å². The van der Waals surface area contributed by atoms with E-state index in [2.05, 4.69) is 10.9 Å². The number of benzene rings is 3. The highest BCUT2D eigenvalue weighted by molar-refractivity contribution is 5.98. The molecule has 29 heavy (non-hydrogen) atoms. The number of amides is 2. The first-order chi connectivity index (χ1) is 14.2. The van der Waals surface area contributed by atoms with Crippen LogP contribution in [0.15, 0.2) is 66.7 Å². The van der Waals surface area contributed by atoms with Crippen LogP contribution in [0.1, 0.15) is 22.8 Å². The maximum absolute atomic E-state index is 12.5. The number of hydrazine groups is 1. The summed E-state index contributed by atoms with van der Waals surface area (Å²) in [6, 6.07) is 20.6. The average molecular weight is 392 g/mol. The highest BCUT2D eigenvalue weighted by Crippen LogP contribution is 2.19. The van der Waals surface area contributed by atoms with Gasteiger partial charge in [0.25, 0.3) is 5.91 Å². The van der Waals surface area contributed by atoms with Crippen LogP contribution in [0.4, 0.5) is 0 Å². The van der Waals surface area contributed by atoms with Crippen molar-refractivity contribution in [3.63, 3.8) is 0 Å². The third-order valence-electron chi connectivity index (χ3n) is 4.37. The predicted molar refractivity (Wildman–Crippen MR) is 112 cm³/mol. The van der Waals surface area contributed by atoms with E-state index in [1.165, 1.54) is 0 Å². The van der Waals surface area contributed by atoms with Crippen molar-refractivity contribution in [1.82, 2.24) is 10.9 Å². The Balaban J connectivity index is 1.58. The van der Waals surface area contributed by atoms with Gasteiger partial charge >= 0.3 is 0 Å². The topological polar surface area (TPSA) is 76.7 Å². The monoisotopic (exact) mass is 392 g/mol. The van der Waals surface area contributed by atoms with Gasteiger partial charge in [0.2, 0.25) is 5.91 Å². The Morgan fingerprint density at radius 3 is 2.48 bits per heavy atom. The number of rotatable bonds is 8. The van der Waals surface area contributed by atoms with Crippen molar-refractivity contribution in [1.29, 1.82) is 0 Å². The highest BCUT2D eigenvalue weighted by Gasteiger charge is 2.13. The molecule has 0 saturated heterocycles. The molecule has 0 aliphatic rings. The number of carbonyl (C=O) groups excluding carboxylic acids is 2. The fraction of sp³-hybridized carbons (Fsp3) is 0.217. The molecular weight excluding hydrogens is 368 g/mol. The number of hydrogen-bond donors (Lipinski definition) is 2. The van der Waals surface area contributed by atoms with Crippen LogP contribution in [0.3, 0.4) is 0 Å². The molecule has 0 aliphatic heterocycles. The fourth-order valence-corrected chi connectivity index (χ4v) is 2.99. The van der Waals surface area contributed by atoms with Crippen LogP contribution in [0.5, 0.6) is 5.75 Å². The molecule has 0 unspecified atom stereocenters. The van der Waals surface area contributed by atoms with E-state index < -0.39 is 5.91 Å². The lowest BCUT2D eigenvalue weighted by atomic mass is 10.0. The molecule has 3 rings (SSSR count). The fourth-order valence-electron chi connectivity index (χ4n) is 2.99. The smallest absolute Gasteiger partial charge is 0.273 e. The molecule has 2 amide bonds. The second-order valence-corrected chi connectivity index (χ2v) is 6.36. The summed E-state index contributed by atoms with van der Waals surface area (Å²) < 4.78 is 10.9. The van der Waals surface area contributed by atoms with E-state index in [1.807, 2.05) is 49.4 Å². The number of para-hydroxylation sites is 1. The second-order valence-electron chi connectivity index (χ2n) is 6.36. The number of carbonyl (C=O) groups is 2. The van der Waals surface area contributed by atoms with Gasteiger partial charge in [0.15, 0.2) is 0 Å². The third kappa shape index (κ3) is 5.56. The minimum absolute atomic E-state index is 0.161. The first-order valence-electron chi connectivity index (χ1n) is 9.54. The van der Waals surface area contributed by atoms with Crippen molar-refractivity contribution in [3.05, 3.63) is 77.9 Å². The summed E-state index contributed by atoms with van der Waals surface area (Å²) in [6.45, 7) is 3.29. The molecular formula is C23H24N2O4. The molecule has 0 radical (unpaired) electrons. The van der Waals surface area contributed by atoms with E-state index in [0.29, 0.717) is 31.1 Å². The van der Waals surface area contributed by atoms with Crippen LogP contribution in [-0.4, -0.2) is 31.6 Å². The summed E-state index contributed by atoms with van der Waals surface area (Å²) in [5, 5.41) is 2.09. The number of fused-ring (bicyclic) bond motifs is 1. The van der Waals surface area contributed by atoms with Gasteiger partial charge in [0.05, 0.1) is 18.6 Å². The molecule has 0 fully saturated rings. The lowest BCUT2D eigenvalue weighted by Crippen LogP contribution is -2.42. The highest BCUT2D eigenvalue weighted by atomic mass is 16.5. The van der Waals surface area contributed by atoms with E-state index in [9.17, 15) is 9.59 Å². The first kappa shape index (κ1) is 20.4. The molecule has 6 heteroatoms. The Morgan fingerprint density at radius 2 is 1.62 bits per heavy atom. The lowest BCUT2D eigenvalue weighted by molar-refractivity contribution is -0.121. The largest absolute Gasteiger partial charge is 0.490 e. The molecule has 3 aromatic carbocycles. The van der Waals surface area contributed by atoms with Gasteiger partial charge in [-0.25, -0.2) is 0 Å². The summed E-state index contributed by atoms with van der Waals surface area (Å²) in [6.07, 6.45) is 0.161. The zero-order chi connectivity index (χ0) is 20.5. The molecule has 0 bridgehead atoms. The van der Waals surface area contributed by atoms with Crippen LogP contribution < -0.4 is 15.6 Å². The number of nitrogens with one attached hydrogen (secondary N) is 2. The van der Waals surface area contributed by atoms with Crippen molar-refractivity contribution >= 4 is 22.6 Å². The third-order valence-corrected chi connectivity index (χ3v) is 4.37. The Hall–Kier alpha value is -3.38. The van der Waals surface area contributed by atoms with Crippen LogP contribution in [0.25, 0.3) is 10.8 Å². The Morgan fingerprint density at radius 1 is 0.862 bits per heavy atom. The van der Waals surface area contributed by atoms with Crippen LogP contribution in [0.2, 0.25) is 0 Å². The van der Waals surface area contributed by atoms with Gasteiger partial charge in [-0.15, -0.1) is 0 Å². The average Bonchev–Trinajstić information content (AvgIpc) is 2.75. The summed E-state index contributed by atoms with van der Waals surface area (Å²) in [7, 11) is 0. The molecule has 6 nitrogen and oxygen atoms in total. The zero-order valence-electron chi connectivity index (χ0n) is 16.3. The Kier molecular flexibility index (Phi) is 7.19. The maximum Gasteiger partial charge on any atom is 0.273 e. The van der Waals surface area contributed by atoms with Gasteiger partial charge in [0.1, 0.15) is 12.4 Å². The summed E-state index contributed by atoms with van der Waals surface area (Å²) in [5.74, 6) is -0.305. The Labute approximate surface area is 169 Å². The van der Waals surface area contributed by atoms with E-state index in [-0.39, 0.29) is 12.3 Å². The van der Waals surface area contributed by atoms with E-state index >= 15 is 0 Å². The molecule has 2 N–H and O–H groups in total. The Bertz CT molecular complexity index is 982. The normalized spacial score (nSPS) is 10.5. The van der Waals surface area contributed by atoms with Crippen LogP contribution in [-0.2, 0) is 16.0 Å². The molecule has 0 saturated carbocycles. The quantitative estimate of drug-likeness (QED) is 0.456. The van der Waals surface area contributed by atoms with E-state index in [0.717, 1.165) is 16.3 Å². The van der Waals surface area contributed by atoms with Gasteiger partial charge in [-0.05, 0) is 35.4 Å². The SMILES string of the molecule is CCOCCOc1ccccc1C(=O)NNC(=O)Cc1cccc2ccccc12. The molecule has 0 aromatic heterocycles. The second kappa shape index (κ2) is 10.2. The maximum atomic E-state index is 12.5. The molecule has 0 aliphatic carbocycles. The number of hydrogen-bond acceptors (Lipinski definition) is 4. The van der Waals surface area contributed by atoms with Gasteiger partial charge in [-0.1, -0.05) is 54.6 Å². The summed E-state index contributed by atoms with van der Waals surface area (Å²) in [5.41, 5.74) is 6.18. The van der Waals surface area contributed by atoms with E-state index in [1.54, 1.807) is 24.3 Å². The van der Waals surface area contributed by atoms with Gasteiger partial charge in [0, 0.05) is 6.61 Å². The minimum Gasteiger partial charge on any atom is -0.490 e. The van der Waals surface area contributed by atoms with Crippen molar-refractivity contribution in [2.24, 2.45) is 0 Å². The van der Waals surface area contributed by atoms with Crippen molar-refractivity contribution in [2.45, 2.75) is 13.3 Å². The lowest BCUT2D eigenvalue weighted by Gasteiger charge is -2.12. The number of ether oxygens (including phenoxy) is 2. The molecule has 0 spiro atoms. The summed E-state index contributed by atoms with van der Waals surface area (Å²) >= 11 is 0. The van der Waals surface area contributed by atoms with Crippen LogP contribution in [0, 0.1) is 0 Å². The molecule has 3 aromatic rings. The van der Waals surface area contributed by atoms with Gasteiger partial charge in [-0.2, -0.15) is 0 Å². The van der Waals surface area contributed by atoms with Crippen molar-refractivity contribution in [2.75, 3.05) is 19.8 Å². The summed E-state index contributed by atoms with van der Waals surface area (Å²) in [4.78, 5) is 24.8. The van der Waals surface area contributed by atoms with E-state index in [4.69, 9.17) is 9.47 Å². The molecule has 0 atom stereocenters. The van der Waals surface area contributed by atoms with Crippen molar-refractivity contribution in [3.8, 4) is 5.75 Å². The van der Waals surface area contributed by atoms with Crippen LogP contribution >= 0.6 is 0 Å². The predicted octanol–water partition coefficient (Wildman–Crippen LogP) is 3.26. The van der Waals surface area contributed by atoms with Gasteiger partial charge < -0.3 is 9.47 Å². The molecule has 0 heterocycles. The molecule has 150 valence electrons. The minimum atomic E-state index is -0.441. The zero-order valence-corrected chi connectivity index (χ0v) is 16.3. The van der Waals surface area contributed by atoms with Gasteiger partial charge in [-0.3, -0.25) is 20.4 Å². The standard InChI is InChI=1S/C23H24N2O4/c1-2-28-14-15-29-21-13-6-5-12-20(21)23(27)25-24-22(26)16-18-10-7-9-17-8-3-4-11-19(17)18/h3-13H,2,14-16H2,1H3,(H,24,26)(H,25,27).